The molecule has 170 valence electrons. The number of thiazole rings is 1. The summed E-state index contributed by atoms with van der Waals surface area (Å²) in [5, 5.41) is 5.31. The number of nitrogens with zero attached hydrogens (tertiary/aromatic N) is 2. The monoisotopic (exact) mass is 501 g/mol. The molecule has 32 heavy (non-hydrogen) atoms. The third-order valence-electron chi connectivity index (χ3n) is 5.08. The molecule has 1 aromatic carbocycles. The zero-order valence-corrected chi connectivity index (χ0v) is 19.0. The number of rotatable bonds is 6. The van der Waals surface area contributed by atoms with Gasteiger partial charge in [0.15, 0.2) is 5.13 Å². The second kappa shape index (κ2) is 8.93. The Morgan fingerprint density at radius 3 is 2.50 bits per heavy atom. The molecule has 1 fully saturated rings. The lowest BCUT2D eigenvalue weighted by Crippen LogP contribution is -2.42. The Morgan fingerprint density at radius 2 is 1.84 bits per heavy atom. The van der Waals surface area contributed by atoms with E-state index >= 15 is 0 Å². The fraction of sp³-hybridized carbons (Fsp3) is 0.300. The van der Waals surface area contributed by atoms with Crippen LogP contribution in [0.15, 0.2) is 52.2 Å². The number of nitrogens with one attached hydrogen (secondary N) is 1. The maximum atomic E-state index is 13.2. The van der Waals surface area contributed by atoms with E-state index < -0.39 is 33.1 Å². The molecule has 1 aliphatic heterocycles. The Balaban J connectivity index is 1.40. The van der Waals surface area contributed by atoms with E-state index in [0.29, 0.717) is 35.3 Å². The van der Waals surface area contributed by atoms with E-state index in [4.69, 9.17) is 0 Å². The Morgan fingerprint density at radius 1 is 1.12 bits per heavy atom. The van der Waals surface area contributed by atoms with Crippen molar-refractivity contribution in [1.29, 1.82) is 0 Å². The molecule has 6 nitrogen and oxygen atoms in total. The summed E-state index contributed by atoms with van der Waals surface area (Å²) in [5.41, 5.74) is -1.39. The quantitative estimate of drug-likeness (QED) is 0.495. The molecule has 4 rings (SSSR count). The highest BCUT2D eigenvalue weighted by Gasteiger charge is 2.35. The number of sulfonamides is 1. The highest BCUT2D eigenvalue weighted by Crippen LogP contribution is 2.34. The molecule has 0 saturated carbocycles. The molecule has 3 aromatic rings. The molecule has 1 N–H and O–H groups in total. The van der Waals surface area contributed by atoms with E-state index in [0.717, 1.165) is 23.5 Å². The van der Waals surface area contributed by atoms with E-state index in [9.17, 15) is 26.4 Å². The summed E-state index contributed by atoms with van der Waals surface area (Å²) in [6.07, 6.45) is -2.27. The predicted molar refractivity (Wildman–Crippen MR) is 117 cm³/mol. The van der Waals surface area contributed by atoms with Gasteiger partial charge in [-0.1, -0.05) is 35.6 Å². The zero-order valence-electron chi connectivity index (χ0n) is 16.5. The molecule has 12 heteroatoms. The summed E-state index contributed by atoms with van der Waals surface area (Å²) in [5.74, 6) is -0.736. The second-order valence-electron chi connectivity index (χ2n) is 7.16. The lowest BCUT2D eigenvalue weighted by Gasteiger charge is -2.31. The Hall–Kier alpha value is -2.28. The van der Waals surface area contributed by atoms with Crippen molar-refractivity contribution in [2.24, 2.45) is 0 Å². The molecule has 0 spiro atoms. The van der Waals surface area contributed by atoms with Gasteiger partial charge in [-0.3, -0.25) is 4.79 Å². The van der Waals surface area contributed by atoms with Gasteiger partial charge >= 0.3 is 6.18 Å². The summed E-state index contributed by atoms with van der Waals surface area (Å²) >= 11 is 2.16. The number of piperidine rings is 1. The highest BCUT2D eigenvalue weighted by atomic mass is 32.2. The van der Waals surface area contributed by atoms with Crippen LogP contribution in [-0.2, 0) is 16.2 Å². The number of benzene rings is 1. The van der Waals surface area contributed by atoms with Gasteiger partial charge in [-0.2, -0.15) is 17.5 Å². The Kier molecular flexibility index (Phi) is 6.39. The summed E-state index contributed by atoms with van der Waals surface area (Å²) in [4.78, 5) is 16.9. The van der Waals surface area contributed by atoms with Gasteiger partial charge in [-0.25, -0.2) is 13.4 Å². The van der Waals surface area contributed by atoms with Gasteiger partial charge in [0.2, 0.25) is 5.78 Å². The van der Waals surface area contributed by atoms with Crippen molar-refractivity contribution in [1.82, 2.24) is 9.29 Å². The van der Waals surface area contributed by atoms with Crippen LogP contribution in [0, 0.1) is 0 Å². The van der Waals surface area contributed by atoms with Gasteiger partial charge in [0.05, 0.1) is 16.6 Å². The number of halogens is 3. The van der Waals surface area contributed by atoms with E-state index in [1.807, 2.05) is 0 Å². The van der Waals surface area contributed by atoms with Crippen molar-refractivity contribution in [2.45, 2.75) is 29.3 Å². The highest BCUT2D eigenvalue weighted by molar-refractivity contribution is 7.91. The number of ketones is 1. The smallest absolute Gasteiger partial charge is 0.359 e. The van der Waals surface area contributed by atoms with Crippen LogP contribution in [0.3, 0.4) is 0 Å². The van der Waals surface area contributed by atoms with Gasteiger partial charge in [0, 0.05) is 24.7 Å². The number of hydrogen-bond donors (Lipinski definition) is 1. The van der Waals surface area contributed by atoms with E-state index in [2.05, 4.69) is 10.3 Å². The Bertz CT molecular complexity index is 1200. The maximum Gasteiger partial charge on any atom is 0.417 e. The second-order valence-corrected chi connectivity index (χ2v) is 11.3. The van der Waals surface area contributed by atoms with Crippen molar-refractivity contribution >= 4 is 43.6 Å². The van der Waals surface area contributed by atoms with Gasteiger partial charge in [-0.15, -0.1) is 11.3 Å². The summed E-state index contributed by atoms with van der Waals surface area (Å²) in [6, 6.07) is 7.88. The molecule has 2 aromatic heterocycles. The van der Waals surface area contributed by atoms with Crippen LogP contribution in [-0.4, -0.2) is 42.6 Å². The lowest BCUT2D eigenvalue weighted by atomic mass is 10.0. The first-order valence-corrected chi connectivity index (χ1v) is 12.8. The number of anilines is 1. The fourth-order valence-corrected chi connectivity index (χ4v) is 6.92. The topological polar surface area (TPSA) is 79.4 Å². The van der Waals surface area contributed by atoms with Crippen molar-refractivity contribution in [3.05, 3.63) is 64.0 Å². The number of aromatic nitrogens is 1. The van der Waals surface area contributed by atoms with Gasteiger partial charge in [0.1, 0.15) is 4.21 Å². The molecule has 0 aliphatic carbocycles. The summed E-state index contributed by atoms with van der Waals surface area (Å²) in [7, 11) is -3.49. The largest absolute Gasteiger partial charge is 0.417 e. The molecule has 1 aliphatic rings. The van der Waals surface area contributed by atoms with Gasteiger partial charge in [0.25, 0.3) is 10.0 Å². The van der Waals surface area contributed by atoms with Gasteiger partial charge < -0.3 is 5.32 Å². The van der Waals surface area contributed by atoms with E-state index in [1.165, 1.54) is 34.0 Å². The van der Waals surface area contributed by atoms with Crippen LogP contribution in [0.25, 0.3) is 0 Å². The average molecular weight is 502 g/mol. The number of carbonyl (C=O) groups excluding carboxylic acids is 1. The first kappa shape index (κ1) is 22.9. The van der Waals surface area contributed by atoms with Crippen LogP contribution >= 0.6 is 22.7 Å². The number of alkyl halides is 3. The lowest BCUT2D eigenvalue weighted by molar-refractivity contribution is -0.137. The molecule has 0 amide bonds. The minimum Gasteiger partial charge on any atom is -0.359 e. The van der Waals surface area contributed by atoms with Crippen molar-refractivity contribution in [3.63, 3.8) is 0 Å². The molecule has 0 atom stereocenters. The third kappa shape index (κ3) is 4.72. The van der Waals surface area contributed by atoms with Crippen LogP contribution < -0.4 is 5.32 Å². The summed E-state index contributed by atoms with van der Waals surface area (Å²) in [6.45, 7) is 0.683. The maximum absolute atomic E-state index is 13.2. The average Bonchev–Trinajstić information content (AvgIpc) is 3.46. The molecule has 1 saturated heterocycles. The van der Waals surface area contributed by atoms with Gasteiger partial charge in [-0.05, 0) is 30.4 Å². The standard InChI is InChI=1S/C20H18F3N3O3S3/c21-20(22,23)15-5-2-1-4-14(15)18(27)16-12-24-19(31-16)25-13-7-9-26(10-8-13)32(28,29)17-6-3-11-30-17/h1-6,11-13H,7-10H2,(H,24,25). The molecular formula is C20H18F3N3O3S3. The predicted octanol–water partition coefficient (Wildman–Crippen LogP) is 4.72. The zero-order chi connectivity index (χ0) is 22.9. The fourth-order valence-electron chi connectivity index (χ4n) is 3.46. The van der Waals surface area contributed by atoms with Crippen LogP contribution in [0.4, 0.5) is 18.3 Å². The molecule has 0 radical (unpaired) electrons. The number of carbonyl (C=O) groups is 1. The molecule has 0 unspecified atom stereocenters. The molecular weight excluding hydrogens is 483 g/mol. The SMILES string of the molecule is O=C(c1cnc(NC2CCN(S(=O)(=O)c3cccs3)CC2)s1)c1ccccc1C(F)(F)F. The third-order valence-corrected chi connectivity index (χ3v) is 9.28. The minimum atomic E-state index is -4.63. The first-order chi connectivity index (χ1) is 15.2. The summed E-state index contributed by atoms with van der Waals surface area (Å²) < 4.78 is 66.6. The van der Waals surface area contributed by atoms with Crippen molar-refractivity contribution in [2.75, 3.05) is 18.4 Å². The van der Waals surface area contributed by atoms with Crippen molar-refractivity contribution in [3.8, 4) is 0 Å². The van der Waals surface area contributed by atoms with Crippen molar-refractivity contribution < 1.29 is 26.4 Å². The molecule has 3 heterocycles. The minimum absolute atomic E-state index is 0.0543. The Labute approximate surface area is 190 Å². The van der Waals surface area contributed by atoms with Crippen LogP contribution in [0.5, 0.6) is 0 Å². The van der Waals surface area contributed by atoms with Crippen LogP contribution in [0.2, 0.25) is 0 Å². The van der Waals surface area contributed by atoms with E-state index in [1.54, 1.807) is 17.5 Å². The normalized spacial score (nSPS) is 16.2. The molecule has 0 bridgehead atoms. The van der Waals surface area contributed by atoms with E-state index in [-0.39, 0.29) is 10.9 Å². The van der Waals surface area contributed by atoms with Crippen LogP contribution in [0.1, 0.15) is 33.6 Å². The number of thiophene rings is 1. The first-order valence-electron chi connectivity index (χ1n) is 9.63. The number of hydrogen-bond acceptors (Lipinski definition) is 7.